The fourth-order valence-corrected chi connectivity index (χ4v) is 2.84. The number of pyridine rings is 1. The fourth-order valence-electron chi connectivity index (χ4n) is 2.84. The zero-order chi connectivity index (χ0) is 18.7. The van der Waals surface area contributed by atoms with Crippen LogP contribution < -0.4 is 4.73 Å². The van der Waals surface area contributed by atoms with Crippen molar-refractivity contribution >= 4 is 5.97 Å². The van der Waals surface area contributed by atoms with Crippen LogP contribution in [0.15, 0.2) is 54.9 Å². The smallest absolute Gasteiger partial charge is 0.323 e. The monoisotopic (exact) mass is 351 g/mol. The fraction of sp³-hybridized carbons (Fsp3) is 0.250. The van der Waals surface area contributed by atoms with Gasteiger partial charge >= 0.3 is 5.97 Å². The summed E-state index contributed by atoms with van der Waals surface area (Å²) in [6, 6.07) is 13.0. The van der Waals surface area contributed by atoms with Gasteiger partial charge in [0.25, 0.3) is 5.82 Å². The second kappa shape index (κ2) is 7.00. The molecule has 0 atom stereocenters. The van der Waals surface area contributed by atoms with Crippen molar-refractivity contribution in [2.75, 3.05) is 6.61 Å². The van der Waals surface area contributed by atoms with Crippen molar-refractivity contribution in [3.05, 3.63) is 65.9 Å². The van der Waals surface area contributed by atoms with Crippen LogP contribution in [-0.2, 0) is 14.9 Å². The van der Waals surface area contributed by atoms with Gasteiger partial charge in [-0.3, -0.25) is 9.78 Å². The predicted molar refractivity (Wildman–Crippen MR) is 98.1 cm³/mol. The van der Waals surface area contributed by atoms with Crippen molar-refractivity contribution < 1.29 is 14.3 Å². The van der Waals surface area contributed by atoms with Crippen LogP contribution in [0.5, 0.6) is 0 Å². The first-order chi connectivity index (χ1) is 12.5. The van der Waals surface area contributed by atoms with Crippen molar-refractivity contribution in [1.82, 2.24) is 9.97 Å². The Morgan fingerprint density at radius 3 is 2.50 bits per heavy atom. The highest BCUT2D eigenvalue weighted by Crippen LogP contribution is 2.32. The Bertz CT molecular complexity index is 903. The van der Waals surface area contributed by atoms with E-state index in [1.807, 2.05) is 36.4 Å². The number of carbonyl (C=O) groups excluding carboxylic acids is 1. The number of aromatic nitrogens is 3. The third kappa shape index (κ3) is 3.06. The molecular formula is C20H21N3O3. The standard InChI is InChI=1S/C20H21N3O3/c1-4-26-19(24)20(2,3)18-22-16(15-11-8-12-21-13-15)17(23(18)25)14-9-6-5-7-10-14/h5-13,22H,4H2,1-3H3. The van der Waals surface area contributed by atoms with Gasteiger partial charge in [0.1, 0.15) is 0 Å². The molecule has 0 aliphatic rings. The summed E-state index contributed by atoms with van der Waals surface area (Å²) in [6.07, 6.45) is 3.35. The van der Waals surface area contributed by atoms with Crippen LogP contribution in [0, 0.1) is 5.21 Å². The molecule has 0 amide bonds. The van der Waals surface area contributed by atoms with Crippen molar-refractivity contribution in [2.45, 2.75) is 26.2 Å². The lowest BCUT2D eigenvalue weighted by molar-refractivity contribution is -0.604. The topological polar surface area (TPSA) is 81.9 Å². The van der Waals surface area contributed by atoms with Gasteiger partial charge in [-0.15, -0.1) is 0 Å². The van der Waals surface area contributed by atoms with Gasteiger partial charge in [-0.25, -0.2) is 9.71 Å². The van der Waals surface area contributed by atoms with Crippen molar-refractivity contribution in [1.29, 1.82) is 0 Å². The highest BCUT2D eigenvalue weighted by Gasteiger charge is 2.42. The largest absolute Gasteiger partial charge is 0.710 e. The lowest BCUT2D eigenvalue weighted by atomic mass is 9.93. The molecular weight excluding hydrogens is 330 g/mol. The van der Waals surface area contributed by atoms with Crippen LogP contribution in [0.4, 0.5) is 0 Å². The van der Waals surface area contributed by atoms with Crippen LogP contribution in [0.1, 0.15) is 26.6 Å². The second-order valence-corrected chi connectivity index (χ2v) is 6.44. The molecule has 0 fully saturated rings. The van der Waals surface area contributed by atoms with E-state index in [-0.39, 0.29) is 12.4 Å². The van der Waals surface area contributed by atoms with Gasteiger partial charge in [-0.2, -0.15) is 0 Å². The highest BCUT2D eigenvalue weighted by atomic mass is 16.5. The van der Waals surface area contributed by atoms with Crippen LogP contribution in [-0.4, -0.2) is 22.5 Å². The molecule has 2 heterocycles. The van der Waals surface area contributed by atoms with E-state index in [1.54, 1.807) is 39.2 Å². The molecule has 0 saturated carbocycles. The van der Waals surface area contributed by atoms with Crippen molar-refractivity contribution in [3.63, 3.8) is 0 Å². The van der Waals surface area contributed by atoms with Crippen LogP contribution in [0.25, 0.3) is 22.5 Å². The van der Waals surface area contributed by atoms with E-state index in [0.717, 1.165) is 15.9 Å². The van der Waals surface area contributed by atoms with E-state index >= 15 is 0 Å². The van der Waals surface area contributed by atoms with Crippen LogP contribution in [0.2, 0.25) is 0 Å². The molecule has 0 aliphatic heterocycles. The lowest BCUT2D eigenvalue weighted by Gasteiger charge is -2.19. The van der Waals surface area contributed by atoms with Crippen LogP contribution >= 0.6 is 0 Å². The summed E-state index contributed by atoms with van der Waals surface area (Å²) < 4.78 is 5.94. The molecule has 1 N–H and O–H groups in total. The molecule has 0 unspecified atom stereocenters. The molecule has 2 aromatic heterocycles. The number of nitrogens with zero attached hydrogens (tertiary/aromatic N) is 2. The van der Waals surface area contributed by atoms with Crippen molar-refractivity contribution in [3.8, 4) is 22.5 Å². The zero-order valence-electron chi connectivity index (χ0n) is 15.0. The average Bonchev–Trinajstić information content (AvgIpc) is 3.01. The maximum atomic E-state index is 13.2. The van der Waals surface area contributed by atoms with Gasteiger partial charge in [0, 0.05) is 23.5 Å². The molecule has 0 bridgehead atoms. The van der Waals surface area contributed by atoms with E-state index in [9.17, 15) is 10.0 Å². The maximum Gasteiger partial charge on any atom is 0.323 e. The number of rotatable bonds is 5. The molecule has 0 radical (unpaired) electrons. The zero-order valence-corrected chi connectivity index (χ0v) is 15.0. The summed E-state index contributed by atoms with van der Waals surface area (Å²) >= 11 is 0. The second-order valence-electron chi connectivity index (χ2n) is 6.44. The van der Waals surface area contributed by atoms with Gasteiger partial charge in [0.2, 0.25) is 0 Å². The Kier molecular flexibility index (Phi) is 4.75. The number of nitrogens with one attached hydrogen (secondary N) is 1. The third-order valence-electron chi connectivity index (χ3n) is 4.26. The van der Waals surface area contributed by atoms with E-state index < -0.39 is 11.4 Å². The van der Waals surface area contributed by atoms with Crippen molar-refractivity contribution in [2.24, 2.45) is 0 Å². The van der Waals surface area contributed by atoms with E-state index in [2.05, 4.69) is 9.97 Å². The summed E-state index contributed by atoms with van der Waals surface area (Å²) in [5.74, 6) is -0.225. The van der Waals surface area contributed by atoms with E-state index in [1.165, 1.54) is 0 Å². The van der Waals surface area contributed by atoms with Gasteiger partial charge in [0.15, 0.2) is 16.8 Å². The Hall–Kier alpha value is -3.15. The normalized spacial score (nSPS) is 11.3. The molecule has 3 aromatic rings. The first kappa shape index (κ1) is 17.7. The number of ether oxygens (including phenoxy) is 1. The summed E-state index contributed by atoms with van der Waals surface area (Å²) in [5, 5.41) is 13.2. The molecule has 3 rings (SSSR count). The summed E-state index contributed by atoms with van der Waals surface area (Å²) in [4.78, 5) is 19.7. The number of hydrogen-bond donors (Lipinski definition) is 1. The average molecular weight is 351 g/mol. The van der Waals surface area contributed by atoms with E-state index in [4.69, 9.17) is 4.74 Å². The van der Waals surface area contributed by atoms with Gasteiger partial charge in [0.05, 0.1) is 6.61 Å². The Balaban J connectivity index is 2.23. The van der Waals surface area contributed by atoms with Gasteiger partial charge in [-0.05, 0) is 32.9 Å². The molecule has 134 valence electrons. The van der Waals surface area contributed by atoms with Gasteiger partial charge in [-0.1, -0.05) is 30.3 Å². The lowest BCUT2D eigenvalue weighted by Crippen LogP contribution is -2.44. The number of hydrogen-bond acceptors (Lipinski definition) is 4. The van der Waals surface area contributed by atoms with E-state index in [0.29, 0.717) is 11.4 Å². The molecule has 0 saturated heterocycles. The third-order valence-corrected chi connectivity index (χ3v) is 4.26. The van der Waals surface area contributed by atoms with Gasteiger partial charge < -0.3 is 9.94 Å². The number of H-pyrrole nitrogens is 1. The summed E-state index contributed by atoms with van der Waals surface area (Å²) in [6.45, 7) is 5.34. The number of aromatic amines is 1. The highest BCUT2D eigenvalue weighted by molar-refractivity contribution is 5.82. The molecule has 26 heavy (non-hydrogen) atoms. The first-order valence-corrected chi connectivity index (χ1v) is 8.45. The van der Waals surface area contributed by atoms with Crippen LogP contribution in [0.3, 0.4) is 0 Å². The Morgan fingerprint density at radius 1 is 1.19 bits per heavy atom. The molecule has 6 heteroatoms. The minimum Gasteiger partial charge on any atom is -0.710 e. The number of benzene rings is 1. The number of esters is 1. The Labute approximate surface area is 152 Å². The molecule has 1 aromatic carbocycles. The first-order valence-electron chi connectivity index (χ1n) is 8.45. The summed E-state index contributed by atoms with van der Waals surface area (Å²) in [7, 11) is 0. The number of imidazole rings is 1. The molecule has 0 aliphatic carbocycles. The molecule has 0 spiro atoms. The SMILES string of the molecule is CCOC(=O)C(C)(C)c1[nH]c(-c2cccnc2)c(-c2ccccc2)[n+]1[O-]. The minimum absolute atomic E-state index is 0.230. The minimum atomic E-state index is -1.12. The predicted octanol–water partition coefficient (Wildman–Crippen LogP) is 3.22. The molecule has 6 nitrogen and oxygen atoms in total. The number of carbonyl (C=O) groups is 1. The maximum absolute atomic E-state index is 13.2. The Morgan fingerprint density at radius 2 is 1.88 bits per heavy atom. The summed E-state index contributed by atoms with van der Waals surface area (Å²) in [5.41, 5.74) is 1.46. The quantitative estimate of drug-likeness (QED) is 0.435.